The van der Waals surface area contributed by atoms with Crippen LogP contribution in [0, 0.1) is 0 Å². The quantitative estimate of drug-likeness (QED) is 0.454. The minimum atomic E-state index is -7.10. The van der Waals surface area contributed by atoms with Crippen molar-refractivity contribution in [2.45, 2.75) is 22.2 Å². The third kappa shape index (κ3) is 5.24. The molecule has 0 aromatic heterocycles. The molecular formula is C11H11F7O3S2. The Morgan fingerprint density at radius 1 is 0.913 bits per heavy atom. The van der Waals surface area contributed by atoms with E-state index in [1.807, 2.05) is 0 Å². The lowest BCUT2D eigenvalue weighted by molar-refractivity contribution is -0.333. The van der Waals surface area contributed by atoms with Gasteiger partial charge in [0.15, 0.2) is 15.0 Å². The molecule has 3 nitrogen and oxygen atoms in total. The van der Waals surface area contributed by atoms with Crippen LogP contribution < -0.4 is 0 Å². The second-order valence-electron chi connectivity index (χ2n) is 4.17. The van der Waals surface area contributed by atoms with Crippen molar-refractivity contribution in [1.82, 2.24) is 0 Å². The first kappa shape index (κ1) is 22.0. The summed E-state index contributed by atoms with van der Waals surface area (Å²) in [6.45, 7) is 0. The Kier molecular flexibility index (Phi) is 6.94. The van der Waals surface area contributed by atoms with Crippen LogP contribution in [0.5, 0.6) is 0 Å². The van der Waals surface area contributed by atoms with E-state index in [0.29, 0.717) is 10.9 Å². The Morgan fingerprint density at radius 3 is 1.48 bits per heavy atom. The fraction of sp³-hybridized carbons (Fsp3) is 0.455. The van der Waals surface area contributed by atoms with Crippen LogP contribution in [0.3, 0.4) is 0 Å². The van der Waals surface area contributed by atoms with Crippen LogP contribution in [0.2, 0.25) is 0 Å². The number of benzene rings is 1. The van der Waals surface area contributed by atoms with Crippen molar-refractivity contribution in [3.8, 4) is 0 Å². The van der Waals surface area contributed by atoms with Crippen molar-refractivity contribution in [2.75, 3.05) is 12.5 Å². The summed E-state index contributed by atoms with van der Waals surface area (Å²) in [7, 11) is -6.68. The summed E-state index contributed by atoms with van der Waals surface area (Å²) in [5, 5.41) is -6.72. The molecule has 0 atom stereocenters. The van der Waals surface area contributed by atoms with Gasteiger partial charge >= 0.3 is 17.4 Å². The highest BCUT2D eigenvalue weighted by Gasteiger charge is 2.76. The summed E-state index contributed by atoms with van der Waals surface area (Å²) < 4.78 is 109. The van der Waals surface area contributed by atoms with Crippen molar-refractivity contribution in [1.29, 1.82) is 0 Å². The van der Waals surface area contributed by atoms with Gasteiger partial charge in [-0.15, -0.1) is 0 Å². The van der Waals surface area contributed by atoms with E-state index >= 15 is 0 Å². The van der Waals surface area contributed by atoms with Crippen LogP contribution >= 0.6 is 0 Å². The predicted molar refractivity (Wildman–Crippen MR) is 69.6 cm³/mol. The van der Waals surface area contributed by atoms with Gasteiger partial charge in [-0.2, -0.15) is 30.7 Å². The maximum atomic E-state index is 11.8. The van der Waals surface area contributed by atoms with Crippen molar-refractivity contribution in [3.63, 3.8) is 0 Å². The van der Waals surface area contributed by atoms with E-state index < -0.39 is 27.5 Å². The van der Waals surface area contributed by atoms with Gasteiger partial charge in [0.1, 0.15) is 12.5 Å². The Bertz CT molecular complexity index is 598. The largest absolute Gasteiger partial charge is 0.743 e. The van der Waals surface area contributed by atoms with Gasteiger partial charge in [0.2, 0.25) is 0 Å². The highest BCUT2D eigenvalue weighted by atomic mass is 32.2. The van der Waals surface area contributed by atoms with Crippen LogP contribution in [0.15, 0.2) is 35.2 Å². The van der Waals surface area contributed by atoms with Crippen LogP contribution in [-0.4, -0.2) is 42.8 Å². The van der Waals surface area contributed by atoms with Crippen molar-refractivity contribution >= 4 is 21.0 Å². The first-order valence-corrected chi connectivity index (χ1v) is 8.91. The van der Waals surface area contributed by atoms with E-state index in [0.717, 1.165) is 0 Å². The second kappa shape index (κ2) is 7.26. The smallest absolute Gasteiger partial charge is 0.461 e. The Hall–Kier alpha value is -1.01. The summed E-state index contributed by atoms with van der Waals surface area (Å²) in [5.74, 6) is -6.92. The SMILES string of the molecule is C[S+](C)c1ccccc1.O=S(=O)([O-])C(F)(F)C(F)(F)C(F)(F)F. The van der Waals surface area contributed by atoms with Gasteiger partial charge in [-0.05, 0) is 12.1 Å². The van der Waals surface area contributed by atoms with Gasteiger partial charge < -0.3 is 4.55 Å². The van der Waals surface area contributed by atoms with E-state index in [1.165, 1.54) is 4.90 Å². The fourth-order valence-corrected chi connectivity index (χ4v) is 2.15. The molecule has 0 amide bonds. The van der Waals surface area contributed by atoms with Crippen molar-refractivity contribution in [2.24, 2.45) is 0 Å². The average Bonchev–Trinajstić information content (AvgIpc) is 2.37. The second-order valence-corrected chi connectivity index (χ2v) is 7.70. The van der Waals surface area contributed by atoms with Gasteiger partial charge in [-0.3, -0.25) is 0 Å². The van der Waals surface area contributed by atoms with Gasteiger partial charge in [0, 0.05) is 10.9 Å². The normalized spacial score (nSPS) is 13.5. The number of alkyl halides is 7. The van der Waals surface area contributed by atoms with Gasteiger partial charge in [0.05, 0.1) is 0 Å². The molecule has 0 saturated heterocycles. The molecule has 0 aliphatic heterocycles. The topological polar surface area (TPSA) is 57.2 Å². The molecule has 0 aliphatic rings. The number of rotatable bonds is 3. The minimum Gasteiger partial charge on any atom is -0.743 e. The Balaban J connectivity index is 0.000000459. The van der Waals surface area contributed by atoms with Crippen LogP contribution in [0.25, 0.3) is 0 Å². The molecule has 0 saturated carbocycles. The molecule has 1 rings (SSSR count). The standard InChI is InChI=1S/C8H11S.C3HF7O3S/c1-9(2)8-6-4-3-5-7-8;4-1(5,2(6,7)8)3(9,10)14(11,12)13/h3-7H,1-2H3;(H,11,12,13)/q+1;/p-1. The summed E-state index contributed by atoms with van der Waals surface area (Å²) in [6.07, 6.45) is -2.36. The Morgan fingerprint density at radius 2 is 1.30 bits per heavy atom. The number of halogens is 7. The summed E-state index contributed by atoms with van der Waals surface area (Å²) in [4.78, 5) is 1.44. The molecule has 1 aromatic carbocycles. The molecule has 0 heterocycles. The van der Waals surface area contributed by atoms with Crippen LogP contribution in [-0.2, 0) is 21.0 Å². The third-order valence-corrected chi connectivity index (χ3v) is 4.35. The zero-order valence-electron chi connectivity index (χ0n) is 11.6. The molecule has 134 valence electrons. The van der Waals surface area contributed by atoms with Crippen molar-refractivity contribution in [3.05, 3.63) is 30.3 Å². The average molecular weight is 388 g/mol. The van der Waals surface area contributed by atoms with Gasteiger partial charge in [-0.1, -0.05) is 18.2 Å². The molecule has 0 spiro atoms. The maximum absolute atomic E-state index is 11.8. The summed E-state index contributed by atoms with van der Waals surface area (Å²) in [5.41, 5.74) is 0. The molecular weight excluding hydrogens is 377 g/mol. The lowest BCUT2D eigenvalue weighted by atomic mass is 10.3. The zero-order chi connectivity index (χ0) is 18.7. The van der Waals surface area contributed by atoms with Crippen molar-refractivity contribution < 1.29 is 43.7 Å². The molecule has 0 N–H and O–H groups in total. The Labute approximate surface area is 130 Å². The number of hydrogen-bond acceptors (Lipinski definition) is 3. The molecule has 23 heavy (non-hydrogen) atoms. The molecule has 0 bridgehead atoms. The van der Waals surface area contributed by atoms with E-state index in [-0.39, 0.29) is 0 Å². The van der Waals surface area contributed by atoms with Gasteiger partial charge in [0.25, 0.3) is 0 Å². The highest BCUT2D eigenvalue weighted by Crippen LogP contribution is 2.48. The minimum absolute atomic E-state index is 0.421. The first-order chi connectivity index (χ1) is 10.1. The predicted octanol–water partition coefficient (Wildman–Crippen LogP) is 3.25. The monoisotopic (exact) mass is 388 g/mol. The lowest BCUT2D eigenvalue weighted by Gasteiger charge is -2.29. The maximum Gasteiger partial charge on any atom is 0.461 e. The first-order valence-electron chi connectivity index (χ1n) is 5.46. The van der Waals surface area contributed by atoms with E-state index in [1.54, 1.807) is 0 Å². The summed E-state index contributed by atoms with van der Waals surface area (Å²) in [6, 6.07) is 10.6. The molecule has 12 heteroatoms. The highest BCUT2D eigenvalue weighted by molar-refractivity contribution is 7.95. The number of hydrogen-bond donors (Lipinski definition) is 0. The van der Waals surface area contributed by atoms with Crippen LogP contribution in [0.4, 0.5) is 30.7 Å². The summed E-state index contributed by atoms with van der Waals surface area (Å²) >= 11 is 0. The molecule has 0 radical (unpaired) electrons. The van der Waals surface area contributed by atoms with E-state index in [4.69, 9.17) is 0 Å². The molecule has 0 unspecified atom stereocenters. The molecule has 0 aliphatic carbocycles. The van der Waals surface area contributed by atoms with E-state index in [2.05, 4.69) is 42.8 Å². The van der Waals surface area contributed by atoms with Crippen LogP contribution in [0.1, 0.15) is 0 Å². The van der Waals surface area contributed by atoms with Gasteiger partial charge in [-0.25, -0.2) is 8.42 Å². The lowest BCUT2D eigenvalue weighted by Crippen LogP contribution is -2.55. The molecule has 0 fully saturated rings. The zero-order valence-corrected chi connectivity index (χ0v) is 13.2. The fourth-order valence-electron chi connectivity index (χ4n) is 1.01. The third-order valence-electron chi connectivity index (χ3n) is 2.25. The van der Waals surface area contributed by atoms with E-state index in [9.17, 15) is 43.7 Å². The molecule has 1 aromatic rings.